The SMILES string of the molecule is CCS(=O)(=O)[C@H]1[C@@H](c2cccc(Cl)c2)C1(C#N)C#N. The molecular weight excluding hydrogens is 284 g/mol. The van der Waals surface area contributed by atoms with Crippen molar-refractivity contribution in [3.05, 3.63) is 34.9 Å². The third-order valence-electron chi connectivity index (χ3n) is 3.50. The first kappa shape index (κ1) is 13.9. The van der Waals surface area contributed by atoms with Gasteiger partial charge in [-0.3, -0.25) is 0 Å². The van der Waals surface area contributed by atoms with Gasteiger partial charge < -0.3 is 0 Å². The van der Waals surface area contributed by atoms with Crippen molar-refractivity contribution in [1.29, 1.82) is 10.5 Å². The molecule has 0 spiro atoms. The molecule has 2 rings (SSSR count). The van der Waals surface area contributed by atoms with Crippen LogP contribution in [0.4, 0.5) is 0 Å². The molecule has 1 aromatic carbocycles. The molecule has 1 fully saturated rings. The standard InChI is InChI=1S/C13H11ClN2O2S/c1-2-19(17,18)12-11(13(12,7-15)8-16)9-4-3-5-10(14)6-9/h3-6,11-12H,2H2,1H3/t11-,12+/m1/s1. The zero-order valence-corrected chi connectivity index (χ0v) is 11.7. The first-order chi connectivity index (χ1) is 8.93. The Bertz CT molecular complexity index is 686. The molecule has 0 amide bonds. The van der Waals surface area contributed by atoms with Gasteiger partial charge in [-0.2, -0.15) is 10.5 Å². The maximum Gasteiger partial charge on any atom is 0.169 e. The van der Waals surface area contributed by atoms with Gasteiger partial charge >= 0.3 is 0 Å². The number of halogens is 1. The molecule has 0 radical (unpaired) electrons. The van der Waals surface area contributed by atoms with Crippen LogP contribution in [0.25, 0.3) is 0 Å². The summed E-state index contributed by atoms with van der Waals surface area (Å²) in [6, 6.07) is 10.4. The van der Waals surface area contributed by atoms with E-state index in [2.05, 4.69) is 0 Å². The van der Waals surface area contributed by atoms with Crippen molar-refractivity contribution < 1.29 is 8.42 Å². The highest BCUT2D eigenvalue weighted by Gasteiger charge is 2.72. The van der Waals surface area contributed by atoms with Gasteiger partial charge in [0.15, 0.2) is 15.3 Å². The Kier molecular flexibility index (Phi) is 3.30. The molecule has 0 saturated heterocycles. The summed E-state index contributed by atoms with van der Waals surface area (Å²) in [6.07, 6.45) is 0. The predicted molar refractivity (Wildman–Crippen MR) is 71.1 cm³/mol. The topological polar surface area (TPSA) is 81.7 Å². The van der Waals surface area contributed by atoms with E-state index in [0.717, 1.165) is 0 Å². The summed E-state index contributed by atoms with van der Waals surface area (Å²) in [4.78, 5) is 0. The van der Waals surface area contributed by atoms with E-state index in [-0.39, 0.29) is 5.75 Å². The molecule has 1 aliphatic rings. The Balaban J connectivity index is 2.53. The number of benzene rings is 1. The lowest BCUT2D eigenvalue weighted by Crippen LogP contribution is -2.15. The molecule has 0 aliphatic heterocycles. The summed E-state index contributed by atoms with van der Waals surface area (Å²) in [7, 11) is -3.46. The molecule has 98 valence electrons. The van der Waals surface area contributed by atoms with Crippen LogP contribution in [0.3, 0.4) is 0 Å². The normalized spacial score (nSPS) is 24.2. The van der Waals surface area contributed by atoms with Crippen molar-refractivity contribution in [3.63, 3.8) is 0 Å². The van der Waals surface area contributed by atoms with Gasteiger partial charge in [-0.05, 0) is 17.7 Å². The molecule has 0 heterocycles. The van der Waals surface area contributed by atoms with Crippen molar-refractivity contribution in [2.45, 2.75) is 18.1 Å². The van der Waals surface area contributed by atoms with E-state index in [1.165, 1.54) is 6.92 Å². The average molecular weight is 295 g/mol. The number of sulfone groups is 1. The van der Waals surface area contributed by atoms with Gasteiger partial charge in [-0.15, -0.1) is 0 Å². The van der Waals surface area contributed by atoms with Gasteiger partial charge in [0.25, 0.3) is 0 Å². The Hall–Kier alpha value is -1.56. The Morgan fingerprint density at radius 3 is 2.47 bits per heavy atom. The minimum atomic E-state index is -3.46. The molecular formula is C13H11ClN2O2S. The summed E-state index contributed by atoms with van der Waals surface area (Å²) in [5.74, 6) is -0.703. The number of hydrogen-bond acceptors (Lipinski definition) is 4. The molecule has 2 atom stereocenters. The lowest BCUT2D eigenvalue weighted by atomic mass is 10.0. The molecule has 1 saturated carbocycles. The van der Waals surface area contributed by atoms with Crippen LogP contribution < -0.4 is 0 Å². The summed E-state index contributed by atoms with van der Waals surface area (Å²) >= 11 is 5.88. The van der Waals surface area contributed by atoms with E-state index in [1.807, 2.05) is 12.1 Å². The minimum absolute atomic E-state index is 0.0835. The molecule has 1 aromatic rings. The van der Waals surface area contributed by atoms with Crippen molar-refractivity contribution in [2.24, 2.45) is 5.41 Å². The van der Waals surface area contributed by atoms with Crippen molar-refractivity contribution in [2.75, 3.05) is 5.75 Å². The maximum absolute atomic E-state index is 12.0. The van der Waals surface area contributed by atoms with Gasteiger partial charge in [0.1, 0.15) is 5.25 Å². The fraction of sp³-hybridized carbons (Fsp3) is 0.385. The van der Waals surface area contributed by atoms with Crippen LogP contribution in [-0.2, 0) is 9.84 Å². The third kappa shape index (κ3) is 2.00. The van der Waals surface area contributed by atoms with Crippen molar-refractivity contribution >= 4 is 21.4 Å². The summed E-state index contributed by atoms with van der Waals surface area (Å²) < 4.78 is 24.1. The zero-order valence-electron chi connectivity index (χ0n) is 10.2. The Morgan fingerprint density at radius 2 is 2.00 bits per heavy atom. The van der Waals surface area contributed by atoms with Gasteiger partial charge in [0.2, 0.25) is 0 Å². The summed E-state index contributed by atoms with van der Waals surface area (Å²) in [6.45, 7) is 1.52. The van der Waals surface area contributed by atoms with Crippen LogP contribution in [0.5, 0.6) is 0 Å². The number of nitrogens with zero attached hydrogens (tertiary/aromatic N) is 2. The number of rotatable bonds is 3. The Labute approximate surface area is 117 Å². The second-order valence-corrected chi connectivity index (χ2v) is 7.34. The van der Waals surface area contributed by atoms with Crippen LogP contribution in [0, 0.1) is 28.1 Å². The lowest BCUT2D eigenvalue weighted by Gasteiger charge is -2.00. The van der Waals surface area contributed by atoms with Gasteiger partial charge in [0.05, 0.1) is 12.1 Å². The molecule has 6 heteroatoms. The number of hydrogen-bond donors (Lipinski definition) is 0. The highest BCUT2D eigenvalue weighted by molar-refractivity contribution is 7.92. The third-order valence-corrected chi connectivity index (χ3v) is 5.96. The van der Waals surface area contributed by atoms with Crippen LogP contribution in [-0.4, -0.2) is 19.4 Å². The molecule has 1 aliphatic carbocycles. The van der Waals surface area contributed by atoms with E-state index in [4.69, 9.17) is 11.6 Å². The predicted octanol–water partition coefficient (Wildman–Crippen LogP) is 2.27. The van der Waals surface area contributed by atoms with Gasteiger partial charge in [-0.1, -0.05) is 30.7 Å². The fourth-order valence-electron chi connectivity index (χ4n) is 2.46. The second kappa shape index (κ2) is 4.52. The van der Waals surface area contributed by atoms with E-state index >= 15 is 0 Å². The van der Waals surface area contributed by atoms with E-state index in [0.29, 0.717) is 10.6 Å². The van der Waals surface area contributed by atoms with Crippen LogP contribution >= 0.6 is 11.6 Å². The zero-order chi connectivity index (χ0) is 14.3. The smallest absolute Gasteiger partial charge is 0.169 e. The second-order valence-electron chi connectivity index (χ2n) is 4.50. The quantitative estimate of drug-likeness (QED) is 0.856. The molecule has 4 nitrogen and oxygen atoms in total. The highest BCUT2D eigenvalue weighted by Crippen LogP contribution is 2.62. The summed E-state index contributed by atoms with van der Waals surface area (Å²) in [5.41, 5.74) is -0.864. The molecule has 0 N–H and O–H groups in total. The van der Waals surface area contributed by atoms with Crippen LogP contribution in [0.1, 0.15) is 18.4 Å². The molecule has 0 bridgehead atoms. The first-order valence-corrected chi connectivity index (χ1v) is 7.82. The van der Waals surface area contributed by atoms with E-state index in [9.17, 15) is 18.9 Å². The Morgan fingerprint density at radius 1 is 1.37 bits per heavy atom. The monoisotopic (exact) mass is 294 g/mol. The average Bonchev–Trinajstić information content (AvgIpc) is 3.09. The largest absolute Gasteiger partial charge is 0.228 e. The van der Waals surface area contributed by atoms with E-state index in [1.54, 1.807) is 24.3 Å². The molecule has 19 heavy (non-hydrogen) atoms. The van der Waals surface area contributed by atoms with Crippen LogP contribution in [0.15, 0.2) is 24.3 Å². The first-order valence-electron chi connectivity index (χ1n) is 5.72. The highest BCUT2D eigenvalue weighted by atomic mass is 35.5. The number of nitriles is 2. The van der Waals surface area contributed by atoms with Crippen molar-refractivity contribution in [3.8, 4) is 12.1 Å². The minimum Gasteiger partial charge on any atom is -0.228 e. The van der Waals surface area contributed by atoms with Crippen molar-refractivity contribution in [1.82, 2.24) is 0 Å². The molecule has 0 aromatic heterocycles. The summed E-state index contributed by atoms with van der Waals surface area (Å²) in [5, 5.41) is 17.9. The van der Waals surface area contributed by atoms with Gasteiger partial charge in [0, 0.05) is 16.7 Å². The van der Waals surface area contributed by atoms with E-state index < -0.39 is 26.4 Å². The maximum atomic E-state index is 12.0. The fourth-order valence-corrected chi connectivity index (χ4v) is 4.54. The molecule has 0 unspecified atom stereocenters. The lowest BCUT2D eigenvalue weighted by molar-refractivity contribution is 0.592. The van der Waals surface area contributed by atoms with Gasteiger partial charge in [-0.25, -0.2) is 8.42 Å². The van der Waals surface area contributed by atoms with Crippen LogP contribution in [0.2, 0.25) is 5.02 Å².